The molecule has 0 unspecified atom stereocenters. The zero-order valence-corrected chi connectivity index (χ0v) is 20.8. The van der Waals surface area contributed by atoms with Gasteiger partial charge in [-0.05, 0) is 61.2 Å². The van der Waals surface area contributed by atoms with Gasteiger partial charge < -0.3 is 4.43 Å². The second-order valence-corrected chi connectivity index (χ2v) is 9.72. The van der Waals surface area contributed by atoms with Crippen molar-refractivity contribution in [2.45, 2.75) is 38.1 Å². The first kappa shape index (κ1) is 22.0. The summed E-state index contributed by atoms with van der Waals surface area (Å²) in [5.41, 5.74) is 8.85. The third-order valence-electron chi connectivity index (χ3n) is 5.87. The smallest absolute Gasteiger partial charge is 0.246 e. The lowest BCUT2D eigenvalue weighted by atomic mass is 9.80. The van der Waals surface area contributed by atoms with E-state index in [1.165, 1.54) is 49.7 Å². The number of hydrogen-bond acceptors (Lipinski definition) is 1. The van der Waals surface area contributed by atoms with Crippen molar-refractivity contribution in [3.63, 3.8) is 0 Å². The van der Waals surface area contributed by atoms with Crippen LogP contribution >= 0.6 is 15.9 Å². The summed E-state index contributed by atoms with van der Waals surface area (Å²) in [6.07, 6.45) is 0. The van der Waals surface area contributed by atoms with Gasteiger partial charge in [-0.3, -0.25) is 0 Å². The quantitative estimate of drug-likeness (QED) is 0.205. The molecule has 3 radical (unpaired) electrons. The fourth-order valence-electron chi connectivity index (χ4n) is 4.29. The highest BCUT2D eigenvalue weighted by atomic mass is 79.9. The van der Waals surface area contributed by atoms with Crippen molar-refractivity contribution in [2.75, 3.05) is 0 Å². The van der Waals surface area contributed by atoms with E-state index >= 15 is 0 Å². The molecule has 0 saturated carbocycles. The van der Waals surface area contributed by atoms with E-state index in [0.717, 1.165) is 5.33 Å². The van der Waals surface area contributed by atoms with Crippen LogP contribution < -0.4 is 0 Å². The minimum Gasteiger partial charge on any atom is -0.414 e. The van der Waals surface area contributed by atoms with Gasteiger partial charge in [0.15, 0.2) is 0 Å². The largest absolute Gasteiger partial charge is 0.414 e. The zero-order valence-electron chi connectivity index (χ0n) is 18.2. The van der Waals surface area contributed by atoms with Gasteiger partial charge in [-0.1, -0.05) is 109 Å². The predicted molar refractivity (Wildman–Crippen MR) is 137 cm³/mol. The molecule has 0 spiro atoms. The van der Waals surface area contributed by atoms with Crippen molar-refractivity contribution in [3.8, 4) is 22.3 Å². The lowest BCUT2D eigenvalue weighted by Crippen LogP contribution is -2.11. The molecule has 1 nitrogen and oxygen atoms in total. The van der Waals surface area contributed by atoms with E-state index in [9.17, 15) is 0 Å². The third kappa shape index (κ3) is 4.27. The Balaban J connectivity index is 2.23. The molecule has 0 amide bonds. The van der Waals surface area contributed by atoms with Crippen LogP contribution in [0.5, 0.6) is 0 Å². The maximum atomic E-state index is 5.50. The first-order valence-corrected chi connectivity index (χ1v) is 12.1. The topological polar surface area (TPSA) is 9.23 Å². The van der Waals surface area contributed by atoms with Gasteiger partial charge >= 0.3 is 0 Å². The summed E-state index contributed by atoms with van der Waals surface area (Å²) in [5, 5.41) is 3.25. The third-order valence-corrected chi connectivity index (χ3v) is 6.58. The summed E-state index contributed by atoms with van der Waals surface area (Å²) >= 11 is 3.79. The number of hydrogen-bond donors (Lipinski definition) is 0. The average molecular weight is 487 g/mol. The minimum atomic E-state index is 0.0644. The first-order chi connectivity index (χ1) is 15.0. The Labute approximate surface area is 197 Å². The number of benzene rings is 4. The molecule has 0 aliphatic carbocycles. The molecule has 31 heavy (non-hydrogen) atoms. The molecule has 0 N–H and O–H groups in total. The van der Waals surface area contributed by atoms with E-state index in [1.54, 1.807) is 0 Å². The molecule has 155 valence electrons. The Hall–Kier alpha value is -2.20. The highest BCUT2D eigenvalue weighted by Crippen LogP contribution is 2.45. The van der Waals surface area contributed by atoms with E-state index in [2.05, 4.69) is 126 Å². The van der Waals surface area contributed by atoms with Gasteiger partial charge in [-0.25, -0.2) is 0 Å². The molecule has 0 aliphatic heterocycles. The second-order valence-electron chi connectivity index (χ2n) is 8.87. The van der Waals surface area contributed by atoms with Crippen LogP contribution in [-0.4, -0.2) is 10.5 Å². The van der Waals surface area contributed by atoms with Crippen LogP contribution in [0.25, 0.3) is 33.0 Å². The molecule has 4 aromatic carbocycles. The average Bonchev–Trinajstić information content (AvgIpc) is 2.79. The van der Waals surface area contributed by atoms with Crippen molar-refractivity contribution < 1.29 is 4.43 Å². The van der Waals surface area contributed by atoms with Gasteiger partial charge in [-0.2, -0.15) is 0 Å². The van der Waals surface area contributed by atoms with Gasteiger partial charge in [0.25, 0.3) is 0 Å². The van der Waals surface area contributed by atoms with Crippen LogP contribution in [0.4, 0.5) is 0 Å². The van der Waals surface area contributed by atoms with E-state index in [1.807, 2.05) is 0 Å². The molecule has 0 aliphatic rings. The monoisotopic (exact) mass is 485 g/mol. The van der Waals surface area contributed by atoms with Crippen molar-refractivity contribution >= 4 is 37.2 Å². The molecule has 0 atom stereocenters. The Kier molecular flexibility index (Phi) is 6.47. The summed E-state index contributed by atoms with van der Waals surface area (Å²) < 4.78 is 5.50. The zero-order chi connectivity index (χ0) is 22.0. The Morgan fingerprint density at radius 3 is 1.84 bits per heavy atom. The van der Waals surface area contributed by atoms with Gasteiger partial charge in [0.05, 0.1) is 6.61 Å². The van der Waals surface area contributed by atoms with E-state index < -0.39 is 0 Å². The molecule has 0 saturated heterocycles. The molecule has 0 bridgehead atoms. The summed E-state index contributed by atoms with van der Waals surface area (Å²) in [7, 11) is 3.26. The highest BCUT2D eigenvalue weighted by Gasteiger charge is 2.23. The summed E-state index contributed by atoms with van der Waals surface area (Å²) in [4.78, 5) is 0. The highest BCUT2D eigenvalue weighted by molar-refractivity contribution is 9.08. The standard InChI is InChI=1S/C28H26BrOSi/c1-28(2,3)21-14-15-22-23(16-21)26(19-10-6-4-7-11-19)27(20-12-8-5-9-13-20)24(17-29)25(22)18-30-31/h4-16H,17-18H2,1-3H3. The van der Waals surface area contributed by atoms with Crippen LogP contribution in [0, 0.1) is 0 Å². The van der Waals surface area contributed by atoms with Crippen LogP contribution in [-0.2, 0) is 21.8 Å². The molecule has 4 aromatic rings. The maximum absolute atomic E-state index is 5.50. The van der Waals surface area contributed by atoms with E-state index in [-0.39, 0.29) is 5.41 Å². The second kappa shape index (κ2) is 9.11. The molecular weight excluding hydrogens is 460 g/mol. The van der Waals surface area contributed by atoms with Gasteiger partial charge in [0.1, 0.15) is 0 Å². The molecule has 4 rings (SSSR count). The maximum Gasteiger partial charge on any atom is 0.246 e. The van der Waals surface area contributed by atoms with Crippen LogP contribution in [0.3, 0.4) is 0 Å². The van der Waals surface area contributed by atoms with Crippen molar-refractivity contribution in [1.29, 1.82) is 0 Å². The summed E-state index contributed by atoms with van der Waals surface area (Å²) in [6, 6.07) is 28.3. The van der Waals surface area contributed by atoms with Crippen LogP contribution in [0.1, 0.15) is 37.5 Å². The fraction of sp³-hybridized carbons (Fsp3) is 0.214. The van der Waals surface area contributed by atoms with Gasteiger partial charge in [0.2, 0.25) is 10.5 Å². The van der Waals surface area contributed by atoms with E-state index in [0.29, 0.717) is 6.61 Å². The van der Waals surface area contributed by atoms with Crippen LogP contribution in [0.2, 0.25) is 0 Å². The number of halogens is 1. The Morgan fingerprint density at radius 2 is 1.32 bits per heavy atom. The number of rotatable bonds is 5. The lowest BCUT2D eigenvalue weighted by molar-refractivity contribution is 0.339. The number of alkyl halides is 1. The summed E-state index contributed by atoms with van der Waals surface area (Å²) in [6.45, 7) is 7.30. The normalized spacial score (nSPS) is 11.8. The SMILES string of the molecule is CC(C)(C)c1ccc2c(CO[Si])c(CBr)c(-c3ccccc3)c(-c3ccccc3)c2c1. The van der Waals surface area contributed by atoms with Crippen molar-refractivity contribution in [3.05, 3.63) is 95.6 Å². The fourth-order valence-corrected chi connectivity index (χ4v) is 5.06. The molecule has 0 fully saturated rings. The number of fused-ring (bicyclic) bond motifs is 1. The van der Waals surface area contributed by atoms with E-state index in [4.69, 9.17) is 4.43 Å². The van der Waals surface area contributed by atoms with Crippen molar-refractivity contribution in [1.82, 2.24) is 0 Å². The Bertz CT molecular complexity index is 1190. The predicted octanol–water partition coefficient (Wildman–Crippen LogP) is 7.97. The molecule has 3 heteroatoms. The van der Waals surface area contributed by atoms with Crippen LogP contribution in [0.15, 0.2) is 78.9 Å². The molecule has 0 aromatic heterocycles. The lowest BCUT2D eigenvalue weighted by Gasteiger charge is -2.25. The molecule has 0 heterocycles. The Morgan fingerprint density at radius 1 is 0.742 bits per heavy atom. The first-order valence-electron chi connectivity index (χ1n) is 10.5. The van der Waals surface area contributed by atoms with Gasteiger partial charge in [0, 0.05) is 5.33 Å². The minimum absolute atomic E-state index is 0.0644. The molecular formula is C28H26BrOSi. The van der Waals surface area contributed by atoms with Gasteiger partial charge in [-0.15, -0.1) is 0 Å². The van der Waals surface area contributed by atoms with Crippen molar-refractivity contribution in [2.24, 2.45) is 0 Å². The summed E-state index contributed by atoms with van der Waals surface area (Å²) in [5.74, 6) is 0.